The topological polar surface area (TPSA) is 66.8 Å². The molecule has 0 amide bonds. The Morgan fingerprint density at radius 1 is 1.47 bits per heavy atom. The molecule has 0 aromatic heterocycles. The third-order valence-electron chi connectivity index (χ3n) is 2.57. The molecule has 2 N–H and O–H groups in total. The summed E-state index contributed by atoms with van der Waals surface area (Å²) < 4.78 is 18.5. The van der Waals surface area contributed by atoms with Gasteiger partial charge in [0.2, 0.25) is 0 Å². The van der Waals surface area contributed by atoms with Crippen LogP contribution in [0.5, 0.6) is 5.75 Å². The first-order chi connectivity index (χ1) is 7.95. The first-order valence-corrected chi connectivity index (χ1v) is 5.34. The maximum atomic E-state index is 13.5. The van der Waals surface area contributed by atoms with Crippen molar-refractivity contribution in [2.45, 2.75) is 25.9 Å². The molecule has 17 heavy (non-hydrogen) atoms. The smallest absolute Gasteiger partial charge is 0.340 e. The quantitative estimate of drug-likeness (QED) is 0.827. The molecule has 1 rings (SSSR count). The number of halogens is 1. The summed E-state index contributed by atoms with van der Waals surface area (Å²) in [6, 6.07) is 3.66. The van der Waals surface area contributed by atoms with E-state index in [-0.39, 0.29) is 17.7 Å². The predicted octanol–water partition coefficient (Wildman–Crippen LogP) is 1.91. The molecule has 0 spiro atoms. The van der Waals surface area contributed by atoms with Crippen molar-refractivity contribution in [1.29, 1.82) is 0 Å². The van der Waals surface area contributed by atoms with Crippen LogP contribution in [0.3, 0.4) is 0 Å². The molecule has 0 aliphatic carbocycles. The third-order valence-corrected chi connectivity index (χ3v) is 2.57. The first-order valence-electron chi connectivity index (χ1n) is 5.34. The molecule has 0 bridgehead atoms. The molecular formula is C12H15FO4. The average molecular weight is 242 g/mol. The molecule has 0 fully saturated rings. The standard InChI is InChI=1S/C12H15FO4/c1-3-12(16,11(14)15)8-5-6-10(17-4-2)9(13)7-8/h5-7,16H,3-4H2,1-2H3,(H,14,15). The highest BCUT2D eigenvalue weighted by Gasteiger charge is 2.36. The highest BCUT2D eigenvalue weighted by Crippen LogP contribution is 2.29. The summed E-state index contributed by atoms with van der Waals surface area (Å²) >= 11 is 0. The van der Waals surface area contributed by atoms with Crippen LogP contribution in [-0.4, -0.2) is 22.8 Å². The predicted molar refractivity (Wildman–Crippen MR) is 59.4 cm³/mol. The molecule has 1 aromatic rings. The van der Waals surface area contributed by atoms with Gasteiger partial charge >= 0.3 is 5.97 Å². The minimum Gasteiger partial charge on any atom is -0.491 e. The normalized spacial score (nSPS) is 14.1. The zero-order valence-electron chi connectivity index (χ0n) is 9.74. The van der Waals surface area contributed by atoms with E-state index >= 15 is 0 Å². The van der Waals surface area contributed by atoms with E-state index in [1.807, 2.05) is 0 Å². The second-order valence-electron chi connectivity index (χ2n) is 3.60. The number of aliphatic carboxylic acids is 1. The van der Waals surface area contributed by atoms with Gasteiger partial charge in [-0.3, -0.25) is 0 Å². The van der Waals surface area contributed by atoms with Crippen molar-refractivity contribution in [2.24, 2.45) is 0 Å². The Bertz CT molecular complexity index is 419. The van der Waals surface area contributed by atoms with Crippen LogP contribution in [0.4, 0.5) is 4.39 Å². The van der Waals surface area contributed by atoms with Crippen molar-refractivity contribution in [3.05, 3.63) is 29.6 Å². The second-order valence-corrected chi connectivity index (χ2v) is 3.60. The van der Waals surface area contributed by atoms with E-state index in [4.69, 9.17) is 9.84 Å². The molecule has 1 aromatic carbocycles. The van der Waals surface area contributed by atoms with Gasteiger partial charge in [-0.15, -0.1) is 0 Å². The van der Waals surface area contributed by atoms with Crippen LogP contribution < -0.4 is 4.74 Å². The van der Waals surface area contributed by atoms with E-state index in [1.165, 1.54) is 19.1 Å². The van der Waals surface area contributed by atoms with Gasteiger partial charge in [-0.2, -0.15) is 0 Å². The summed E-state index contributed by atoms with van der Waals surface area (Å²) in [7, 11) is 0. The molecule has 0 aliphatic heterocycles. The van der Waals surface area contributed by atoms with Gasteiger partial charge < -0.3 is 14.9 Å². The molecule has 4 nitrogen and oxygen atoms in total. The second kappa shape index (κ2) is 5.14. The summed E-state index contributed by atoms with van der Waals surface area (Å²) in [4.78, 5) is 11.0. The lowest BCUT2D eigenvalue weighted by Crippen LogP contribution is -2.34. The molecule has 0 radical (unpaired) electrons. The third kappa shape index (κ3) is 2.55. The molecule has 0 heterocycles. The van der Waals surface area contributed by atoms with E-state index in [1.54, 1.807) is 6.92 Å². The molecule has 1 unspecified atom stereocenters. The fourth-order valence-corrected chi connectivity index (χ4v) is 1.51. The number of ether oxygens (including phenoxy) is 1. The van der Waals surface area contributed by atoms with Crippen LogP contribution >= 0.6 is 0 Å². The molecular weight excluding hydrogens is 227 g/mol. The number of carboxylic acids is 1. The van der Waals surface area contributed by atoms with Gasteiger partial charge in [0.15, 0.2) is 17.2 Å². The van der Waals surface area contributed by atoms with Gasteiger partial charge in [0.1, 0.15) is 0 Å². The summed E-state index contributed by atoms with van der Waals surface area (Å²) in [5, 5.41) is 18.9. The van der Waals surface area contributed by atoms with Crippen molar-refractivity contribution in [2.75, 3.05) is 6.61 Å². The average Bonchev–Trinajstić information content (AvgIpc) is 2.30. The summed E-state index contributed by atoms with van der Waals surface area (Å²) in [5.41, 5.74) is -2.06. The number of benzene rings is 1. The monoisotopic (exact) mass is 242 g/mol. The maximum absolute atomic E-state index is 13.5. The molecule has 0 saturated heterocycles. The van der Waals surface area contributed by atoms with Crippen LogP contribution in [-0.2, 0) is 10.4 Å². The molecule has 94 valence electrons. The molecule has 0 aliphatic rings. The zero-order valence-corrected chi connectivity index (χ0v) is 9.74. The van der Waals surface area contributed by atoms with E-state index in [9.17, 15) is 14.3 Å². The number of carbonyl (C=O) groups is 1. The van der Waals surface area contributed by atoms with Gasteiger partial charge in [-0.1, -0.05) is 13.0 Å². The lowest BCUT2D eigenvalue weighted by Gasteiger charge is -2.22. The van der Waals surface area contributed by atoms with Crippen molar-refractivity contribution in [1.82, 2.24) is 0 Å². The summed E-state index contributed by atoms with van der Waals surface area (Å²) in [5.74, 6) is -2.04. The van der Waals surface area contributed by atoms with Crippen LogP contribution in [0.15, 0.2) is 18.2 Å². The Kier molecular flexibility index (Phi) is 4.07. The summed E-state index contributed by atoms with van der Waals surface area (Å²) in [6.45, 7) is 3.54. The Hall–Kier alpha value is -1.62. The van der Waals surface area contributed by atoms with Crippen molar-refractivity contribution in [3.63, 3.8) is 0 Å². The fraction of sp³-hybridized carbons (Fsp3) is 0.417. The van der Waals surface area contributed by atoms with Gasteiger partial charge in [0, 0.05) is 0 Å². The molecule has 0 saturated carbocycles. The van der Waals surface area contributed by atoms with Gasteiger partial charge in [0.05, 0.1) is 6.61 Å². The first kappa shape index (κ1) is 13.4. The Labute approximate surface area is 98.7 Å². The largest absolute Gasteiger partial charge is 0.491 e. The van der Waals surface area contributed by atoms with Crippen molar-refractivity contribution >= 4 is 5.97 Å². The van der Waals surface area contributed by atoms with Gasteiger partial charge in [0.25, 0.3) is 0 Å². The van der Waals surface area contributed by atoms with Crippen LogP contribution in [0, 0.1) is 5.82 Å². The maximum Gasteiger partial charge on any atom is 0.340 e. The Morgan fingerprint density at radius 3 is 2.53 bits per heavy atom. The highest BCUT2D eigenvalue weighted by molar-refractivity contribution is 5.79. The van der Waals surface area contributed by atoms with Crippen molar-refractivity contribution < 1.29 is 24.1 Å². The fourth-order valence-electron chi connectivity index (χ4n) is 1.51. The minimum absolute atomic E-state index is 0.00783. The lowest BCUT2D eigenvalue weighted by atomic mass is 9.91. The lowest BCUT2D eigenvalue weighted by molar-refractivity contribution is -0.160. The van der Waals surface area contributed by atoms with Crippen LogP contribution in [0.2, 0.25) is 0 Å². The number of aliphatic hydroxyl groups is 1. The zero-order chi connectivity index (χ0) is 13.1. The number of hydrogen-bond donors (Lipinski definition) is 2. The Balaban J connectivity index is 3.16. The number of hydrogen-bond acceptors (Lipinski definition) is 3. The Morgan fingerprint density at radius 2 is 2.12 bits per heavy atom. The van der Waals surface area contributed by atoms with Gasteiger partial charge in [-0.25, -0.2) is 9.18 Å². The van der Waals surface area contributed by atoms with E-state index in [0.29, 0.717) is 6.61 Å². The number of carboxylic acid groups (broad SMARTS) is 1. The van der Waals surface area contributed by atoms with Crippen LogP contribution in [0.1, 0.15) is 25.8 Å². The van der Waals surface area contributed by atoms with Gasteiger partial charge in [-0.05, 0) is 31.0 Å². The summed E-state index contributed by atoms with van der Waals surface area (Å²) in [6.07, 6.45) is -0.0459. The highest BCUT2D eigenvalue weighted by atomic mass is 19.1. The van der Waals surface area contributed by atoms with E-state index in [2.05, 4.69) is 0 Å². The molecule has 5 heteroatoms. The van der Waals surface area contributed by atoms with E-state index < -0.39 is 17.4 Å². The van der Waals surface area contributed by atoms with Crippen molar-refractivity contribution in [3.8, 4) is 5.75 Å². The van der Waals surface area contributed by atoms with E-state index in [0.717, 1.165) is 6.07 Å². The number of rotatable bonds is 5. The molecule has 1 atom stereocenters. The van der Waals surface area contributed by atoms with Crippen LogP contribution in [0.25, 0.3) is 0 Å². The SMILES string of the molecule is CCOc1ccc(C(O)(CC)C(=O)O)cc1F. The minimum atomic E-state index is -2.06.